The summed E-state index contributed by atoms with van der Waals surface area (Å²) in [5.41, 5.74) is 0. The van der Waals surface area contributed by atoms with Crippen LogP contribution in [-0.4, -0.2) is 32.9 Å². The first-order valence-corrected chi connectivity index (χ1v) is 7.38. The van der Waals surface area contributed by atoms with Crippen molar-refractivity contribution in [3.05, 3.63) is 18.2 Å². The lowest BCUT2D eigenvalue weighted by molar-refractivity contribution is 0.204. The van der Waals surface area contributed by atoms with Crippen LogP contribution in [0.3, 0.4) is 0 Å². The summed E-state index contributed by atoms with van der Waals surface area (Å²) >= 11 is 0. The molecule has 0 amide bonds. The van der Waals surface area contributed by atoms with Crippen LogP contribution in [0.5, 0.6) is 17.2 Å². The van der Waals surface area contributed by atoms with Crippen LogP contribution in [0.4, 0.5) is 0 Å². The minimum absolute atomic E-state index is 0.279. The molecule has 2 rings (SSSR count). The Morgan fingerprint density at radius 3 is 2.30 bits per heavy atom. The molecular formula is C16H25NO3. The van der Waals surface area contributed by atoms with E-state index < -0.39 is 0 Å². The highest BCUT2D eigenvalue weighted by atomic mass is 16.5. The first kappa shape index (κ1) is 15.0. The topological polar surface area (TPSA) is 39.7 Å². The molecule has 0 heterocycles. The van der Waals surface area contributed by atoms with Gasteiger partial charge in [-0.1, -0.05) is 6.92 Å². The lowest BCUT2D eigenvalue weighted by Crippen LogP contribution is -2.28. The van der Waals surface area contributed by atoms with Crippen LogP contribution in [0, 0.1) is 0 Å². The molecular weight excluding hydrogens is 254 g/mol. The zero-order valence-corrected chi connectivity index (χ0v) is 12.6. The van der Waals surface area contributed by atoms with E-state index in [2.05, 4.69) is 12.2 Å². The standard InChI is InChI=1S/C16H25NO3/c1-4-7-17-12-5-6-13(8-12)20-16-10-14(18-2)9-15(11-16)19-3/h9-13,17H,4-8H2,1-3H3. The van der Waals surface area contributed by atoms with Gasteiger partial charge in [0.15, 0.2) is 0 Å². The van der Waals surface area contributed by atoms with Crippen molar-refractivity contribution in [3.63, 3.8) is 0 Å². The molecule has 1 aliphatic carbocycles. The predicted octanol–water partition coefficient (Wildman–Crippen LogP) is 3.00. The minimum Gasteiger partial charge on any atom is -0.496 e. The van der Waals surface area contributed by atoms with Crippen LogP contribution < -0.4 is 19.5 Å². The number of ether oxygens (including phenoxy) is 3. The fourth-order valence-corrected chi connectivity index (χ4v) is 2.62. The third-order valence-corrected chi connectivity index (χ3v) is 3.70. The Bertz CT molecular complexity index is 400. The molecule has 1 saturated carbocycles. The molecule has 2 unspecified atom stereocenters. The van der Waals surface area contributed by atoms with Gasteiger partial charge in [-0.2, -0.15) is 0 Å². The first-order valence-electron chi connectivity index (χ1n) is 7.38. The summed E-state index contributed by atoms with van der Waals surface area (Å²) < 4.78 is 16.6. The highest BCUT2D eigenvalue weighted by molar-refractivity contribution is 5.42. The monoisotopic (exact) mass is 279 g/mol. The Morgan fingerprint density at radius 1 is 1.05 bits per heavy atom. The molecule has 1 aromatic carbocycles. The van der Waals surface area contributed by atoms with E-state index in [-0.39, 0.29) is 6.10 Å². The zero-order valence-electron chi connectivity index (χ0n) is 12.6. The van der Waals surface area contributed by atoms with Gasteiger partial charge in [0.05, 0.1) is 14.2 Å². The van der Waals surface area contributed by atoms with Crippen molar-refractivity contribution in [3.8, 4) is 17.2 Å². The van der Waals surface area contributed by atoms with Gasteiger partial charge in [0.1, 0.15) is 23.4 Å². The maximum Gasteiger partial charge on any atom is 0.127 e. The van der Waals surface area contributed by atoms with E-state index in [1.807, 2.05) is 18.2 Å². The minimum atomic E-state index is 0.279. The second kappa shape index (κ2) is 7.39. The number of methoxy groups -OCH3 is 2. The second-order valence-electron chi connectivity index (χ2n) is 5.25. The maximum absolute atomic E-state index is 6.07. The molecule has 1 aliphatic rings. The van der Waals surface area contributed by atoms with Gasteiger partial charge < -0.3 is 19.5 Å². The normalized spacial score (nSPS) is 21.8. The summed E-state index contributed by atoms with van der Waals surface area (Å²) in [5.74, 6) is 2.35. The molecule has 2 atom stereocenters. The van der Waals surface area contributed by atoms with Crippen molar-refractivity contribution in [1.29, 1.82) is 0 Å². The number of hydrogen-bond acceptors (Lipinski definition) is 4. The van der Waals surface area contributed by atoms with Gasteiger partial charge >= 0.3 is 0 Å². The van der Waals surface area contributed by atoms with Crippen LogP contribution in [-0.2, 0) is 0 Å². The van der Waals surface area contributed by atoms with Gasteiger partial charge in [0.2, 0.25) is 0 Å². The predicted molar refractivity (Wildman–Crippen MR) is 79.9 cm³/mol. The van der Waals surface area contributed by atoms with E-state index in [9.17, 15) is 0 Å². The fourth-order valence-electron chi connectivity index (χ4n) is 2.62. The van der Waals surface area contributed by atoms with Gasteiger partial charge in [-0.15, -0.1) is 0 Å². The highest BCUT2D eigenvalue weighted by Gasteiger charge is 2.25. The molecule has 1 N–H and O–H groups in total. The van der Waals surface area contributed by atoms with Crippen LogP contribution in [0.25, 0.3) is 0 Å². The average molecular weight is 279 g/mol. The quantitative estimate of drug-likeness (QED) is 0.833. The summed E-state index contributed by atoms with van der Waals surface area (Å²) in [6, 6.07) is 6.27. The Balaban J connectivity index is 1.93. The summed E-state index contributed by atoms with van der Waals surface area (Å²) in [7, 11) is 3.30. The lowest BCUT2D eigenvalue weighted by Gasteiger charge is -2.16. The van der Waals surface area contributed by atoms with E-state index >= 15 is 0 Å². The van der Waals surface area contributed by atoms with E-state index in [1.165, 1.54) is 12.8 Å². The summed E-state index contributed by atoms with van der Waals surface area (Å²) in [6.07, 6.45) is 4.81. The average Bonchev–Trinajstić information content (AvgIpc) is 2.92. The molecule has 4 heteroatoms. The fraction of sp³-hybridized carbons (Fsp3) is 0.625. The smallest absolute Gasteiger partial charge is 0.127 e. The Morgan fingerprint density at radius 2 is 1.70 bits per heavy atom. The van der Waals surface area contributed by atoms with Gasteiger partial charge in [-0.3, -0.25) is 0 Å². The summed E-state index contributed by atoms with van der Waals surface area (Å²) in [6.45, 7) is 3.28. The van der Waals surface area contributed by atoms with Crippen LogP contribution >= 0.6 is 0 Å². The highest BCUT2D eigenvalue weighted by Crippen LogP contribution is 2.31. The summed E-state index contributed by atoms with van der Waals surface area (Å²) in [5, 5.41) is 3.56. The van der Waals surface area contributed by atoms with E-state index in [0.29, 0.717) is 6.04 Å². The molecule has 0 aliphatic heterocycles. The number of hydrogen-bond donors (Lipinski definition) is 1. The Labute approximate surface area is 121 Å². The van der Waals surface area contributed by atoms with Gasteiger partial charge in [-0.25, -0.2) is 0 Å². The largest absolute Gasteiger partial charge is 0.496 e. The van der Waals surface area contributed by atoms with Crippen LogP contribution in [0.2, 0.25) is 0 Å². The SMILES string of the molecule is CCCNC1CCC(Oc2cc(OC)cc(OC)c2)C1. The molecule has 0 radical (unpaired) electrons. The molecule has 0 spiro atoms. The third kappa shape index (κ3) is 4.04. The van der Waals surface area contributed by atoms with Gasteiger partial charge in [0, 0.05) is 24.2 Å². The molecule has 4 nitrogen and oxygen atoms in total. The maximum atomic E-state index is 6.07. The van der Waals surface area contributed by atoms with E-state index in [4.69, 9.17) is 14.2 Å². The van der Waals surface area contributed by atoms with Crippen molar-refractivity contribution in [2.24, 2.45) is 0 Å². The van der Waals surface area contributed by atoms with E-state index in [1.54, 1.807) is 14.2 Å². The molecule has 0 bridgehead atoms. The molecule has 1 fully saturated rings. The second-order valence-corrected chi connectivity index (χ2v) is 5.25. The molecule has 0 aromatic heterocycles. The third-order valence-electron chi connectivity index (χ3n) is 3.70. The van der Waals surface area contributed by atoms with Crippen molar-refractivity contribution in [2.75, 3.05) is 20.8 Å². The number of benzene rings is 1. The first-order chi connectivity index (χ1) is 9.75. The van der Waals surface area contributed by atoms with Gasteiger partial charge in [-0.05, 0) is 32.2 Å². The number of nitrogens with one attached hydrogen (secondary N) is 1. The van der Waals surface area contributed by atoms with Crippen molar-refractivity contribution in [1.82, 2.24) is 5.32 Å². The molecule has 1 aromatic rings. The zero-order chi connectivity index (χ0) is 14.4. The van der Waals surface area contributed by atoms with Crippen LogP contribution in [0.1, 0.15) is 32.6 Å². The summed E-state index contributed by atoms with van der Waals surface area (Å²) in [4.78, 5) is 0. The van der Waals surface area contributed by atoms with Crippen molar-refractivity contribution >= 4 is 0 Å². The van der Waals surface area contributed by atoms with Crippen molar-refractivity contribution in [2.45, 2.75) is 44.8 Å². The Kier molecular flexibility index (Phi) is 5.53. The Hall–Kier alpha value is -1.42. The molecule has 20 heavy (non-hydrogen) atoms. The van der Waals surface area contributed by atoms with Crippen molar-refractivity contribution < 1.29 is 14.2 Å². The van der Waals surface area contributed by atoms with Gasteiger partial charge in [0.25, 0.3) is 0 Å². The molecule has 112 valence electrons. The van der Waals surface area contributed by atoms with E-state index in [0.717, 1.165) is 36.6 Å². The van der Waals surface area contributed by atoms with Crippen LogP contribution in [0.15, 0.2) is 18.2 Å². The number of rotatable bonds is 7. The lowest BCUT2D eigenvalue weighted by atomic mass is 10.2. The molecule has 0 saturated heterocycles.